The molecule has 0 amide bonds. The summed E-state index contributed by atoms with van der Waals surface area (Å²) in [5.74, 6) is 0.0920. The monoisotopic (exact) mass is 350 g/mol. The Morgan fingerprint density at radius 2 is 1.79 bits per heavy atom. The molecule has 132 valence electrons. The lowest BCUT2D eigenvalue weighted by molar-refractivity contribution is -0.119. The average molecular weight is 350 g/mol. The normalized spacial score (nSPS) is 25.1. The van der Waals surface area contributed by atoms with Crippen LogP contribution in [0.25, 0.3) is 0 Å². The lowest BCUT2D eigenvalue weighted by atomic mass is 9.83. The molecule has 0 bridgehead atoms. The Morgan fingerprint density at radius 1 is 1.17 bits per heavy atom. The van der Waals surface area contributed by atoms with Gasteiger partial charge in [0.15, 0.2) is 5.78 Å². The maximum absolute atomic E-state index is 12.6. The summed E-state index contributed by atoms with van der Waals surface area (Å²) < 4.78 is 25.0. The third-order valence-corrected chi connectivity index (χ3v) is 5.75. The van der Waals surface area contributed by atoms with Crippen LogP contribution >= 0.6 is 0 Å². The van der Waals surface area contributed by atoms with E-state index < -0.39 is 10.0 Å². The van der Waals surface area contributed by atoms with Crippen molar-refractivity contribution in [3.63, 3.8) is 0 Å². The van der Waals surface area contributed by atoms with Crippen molar-refractivity contribution in [1.82, 2.24) is 9.21 Å². The Labute approximate surface area is 145 Å². The van der Waals surface area contributed by atoms with Crippen molar-refractivity contribution in [3.8, 4) is 0 Å². The van der Waals surface area contributed by atoms with Crippen LogP contribution in [0, 0.1) is 17.8 Å². The molecule has 0 aromatic rings. The maximum atomic E-state index is 12.6. The Bertz CT molecular complexity index is 658. The number of carbonyl (C=O) groups excluding carboxylic acids is 1. The summed E-state index contributed by atoms with van der Waals surface area (Å²) in [6, 6.07) is 0. The second kappa shape index (κ2) is 7.94. The zero-order valence-corrected chi connectivity index (χ0v) is 15.3. The largest absolute Gasteiger partial charge is 0.350 e. The molecule has 0 radical (unpaired) electrons. The van der Waals surface area contributed by atoms with E-state index in [9.17, 15) is 13.2 Å². The molecule has 2 aliphatic rings. The first-order valence-electron chi connectivity index (χ1n) is 8.22. The molecule has 6 heteroatoms. The lowest BCUT2D eigenvalue weighted by Gasteiger charge is -2.19. The molecule has 2 aliphatic heterocycles. The summed E-state index contributed by atoms with van der Waals surface area (Å²) in [4.78, 5) is 14.5. The number of allylic oxidation sites excluding steroid dienone is 5. The highest BCUT2D eigenvalue weighted by atomic mass is 32.2. The van der Waals surface area contributed by atoms with Crippen molar-refractivity contribution < 1.29 is 13.2 Å². The SMILES string of the molecule is CC(C)[C@H]1CN(S(C)(=O)=O)CC1C(=O)C=CCN1C=CC=CC=C1. The van der Waals surface area contributed by atoms with Crippen LogP contribution in [0.1, 0.15) is 13.8 Å². The fourth-order valence-electron chi connectivity index (χ4n) is 3.07. The van der Waals surface area contributed by atoms with E-state index >= 15 is 0 Å². The van der Waals surface area contributed by atoms with Gasteiger partial charge < -0.3 is 4.90 Å². The Morgan fingerprint density at radius 3 is 2.33 bits per heavy atom. The van der Waals surface area contributed by atoms with Crippen LogP contribution < -0.4 is 0 Å². The molecule has 2 heterocycles. The molecule has 0 aromatic carbocycles. The molecule has 24 heavy (non-hydrogen) atoms. The van der Waals surface area contributed by atoms with Gasteiger partial charge in [-0.05, 0) is 30.1 Å². The van der Waals surface area contributed by atoms with Crippen molar-refractivity contribution >= 4 is 15.8 Å². The van der Waals surface area contributed by atoms with E-state index in [2.05, 4.69) is 0 Å². The first-order valence-corrected chi connectivity index (χ1v) is 10.1. The Kier molecular flexibility index (Phi) is 6.18. The minimum Gasteiger partial charge on any atom is -0.350 e. The molecule has 0 aromatic heterocycles. The summed E-state index contributed by atoms with van der Waals surface area (Å²) in [5, 5.41) is 0. The van der Waals surface area contributed by atoms with Gasteiger partial charge in [-0.15, -0.1) is 0 Å². The van der Waals surface area contributed by atoms with Gasteiger partial charge in [-0.2, -0.15) is 0 Å². The number of nitrogens with zero attached hydrogens (tertiary/aromatic N) is 2. The van der Waals surface area contributed by atoms with Gasteiger partial charge in [0.1, 0.15) is 0 Å². The van der Waals surface area contributed by atoms with Gasteiger partial charge in [-0.3, -0.25) is 4.79 Å². The van der Waals surface area contributed by atoms with Crippen molar-refractivity contribution in [3.05, 3.63) is 48.9 Å². The predicted molar refractivity (Wildman–Crippen MR) is 96.5 cm³/mol. The number of ketones is 1. The van der Waals surface area contributed by atoms with Crippen LogP contribution in [0.15, 0.2) is 48.9 Å². The number of sulfonamides is 1. The second-order valence-corrected chi connectivity index (χ2v) is 8.65. The maximum Gasteiger partial charge on any atom is 0.211 e. The van der Waals surface area contributed by atoms with Gasteiger partial charge in [-0.25, -0.2) is 12.7 Å². The smallest absolute Gasteiger partial charge is 0.211 e. The molecule has 2 rings (SSSR count). The second-order valence-electron chi connectivity index (χ2n) is 6.66. The predicted octanol–water partition coefficient (Wildman–Crippen LogP) is 2.17. The molecule has 2 atom stereocenters. The van der Waals surface area contributed by atoms with E-state index in [1.54, 1.807) is 6.08 Å². The highest BCUT2D eigenvalue weighted by Gasteiger charge is 2.41. The molecule has 1 fully saturated rings. The topological polar surface area (TPSA) is 57.7 Å². The summed E-state index contributed by atoms with van der Waals surface area (Å²) >= 11 is 0. The van der Waals surface area contributed by atoms with Crippen LogP contribution in [-0.4, -0.2) is 49.3 Å². The van der Waals surface area contributed by atoms with Gasteiger partial charge in [0, 0.05) is 38.0 Å². The Hall–Kier alpha value is -1.66. The standard InChI is InChI=1S/C18H26N2O3S/c1-15(2)16-13-20(24(3,22)23)14-17(16)18(21)9-8-12-19-10-6-4-5-7-11-19/h4-11,15-17H,12-14H2,1-3H3/t16-,17?/m1/s1. The van der Waals surface area contributed by atoms with Gasteiger partial charge in [0.05, 0.1) is 6.26 Å². The van der Waals surface area contributed by atoms with Crippen LogP contribution in [0.5, 0.6) is 0 Å². The number of hydrogen-bond donors (Lipinski definition) is 0. The number of rotatable bonds is 6. The van der Waals surface area contributed by atoms with Crippen molar-refractivity contribution in [2.45, 2.75) is 13.8 Å². The summed E-state index contributed by atoms with van der Waals surface area (Å²) in [6.45, 7) is 5.41. The van der Waals surface area contributed by atoms with E-state index in [-0.39, 0.29) is 30.1 Å². The van der Waals surface area contributed by atoms with Crippen molar-refractivity contribution in [1.29, 1.82) is 0 Å². The van der Waals surface area contributed by atoms with Gasteiger partial charge in [0.2, 0.25) is 10.0 Å². The van der Waals surface area contributed by atoms with Crippen molar-refractivity contribution in [2.75, 3.05) is 25.9 Å². The van der Waals surface area contributed by atoms with Gasteiger partial charge in [-0.1, -0.05) is 32.1 Å². The fraction of sp³-hybridized carbons (Fsp3) is 0.500. The van der Waals surface area contributed by atoms with E-state index in [0.29, 0.717) is 13.1 Å². The quantitative estimate of drug-likeness (QED) is 0.689. The summed E-state index contributed by atoms with van der Waals surface area (Å²) in [7, 11) is -3.25. The molecule has 1 unspecified atom stereocenters. The van der Waals surface area contributed by atoms with E-state index in [4.69, 9.17) is 0 Å². The molecule has 0 aliphatic carbocycles. The molecular formula is C18H26N2O3S. The van der Waals surface area contributed by atoms with Crippen LogP contribution in [0.4, 0.5) is 0 Å². The van der Waals surface area contributed by atoms with E-state index in [1.165, 1.54) is 10.6 Å². The number of carbonyl (C=O) groups is 1. The Balaban J connectivity index is 2.00. The molecule has 0 saturated carbocycles. The highest BCUT2D eigenvalue weighted by molar-refractivity contribution is 7.88. The zero-order chi connectivity index (χ0) is 17.7. The zero-order valence-electron chi connectivity index (χ0n) is 14.5. The lowest BCUT2D eigenvalue weighted by Crippen LogP contribution is -2.28. The average Bonchev–Trinajstić information content (AvgIpc) is 2.81. The van der Waals surface area contributed by atoms with E-state index in [1.807, 2.05) is 61.5 Å². The first kappa shape index (κ1) is 18.7. The van der Waals surface area contributed by atoms with E-state index in [0.717, 1.165) is 0 Å². The summed E-state index contributed by atoms with van der Waals surface area (Å²) in [6.07, 6.45) is 16.3. The molecular weight excluding hydrogens is 324 g/mol. The summed E-state index contributed by atoms with van der Waals surface area (Å²) in [5.41, 5.74) is 0. The van der Waals surface area contributed by atoms with Gasteiger partial charge in [0.25, 0.3) is 0 Å². The molecule has 0 spiro atoms. The van der Waals surface area contributed by atoms with Crippen molar-refractivity contribution in [2.24, 2.45) is 17.8 Å². The number of hydrogen-bond acceptors (Lipinski definition) is 4. The first-order chi connectivity index (χ1) is 11.3. The minimum absolute atomic E-state index is 0.0146. The molecule has 1 saturated heterocycles. The van der Waals surface area contributed by atoms with Crippen LogP contribution in [0.2, 0.25) is 0 Å². The molecule has 5 nitrogen and oxygen atoms in total. The highest BCUT2D eigenvalue weighted by Crippen LogP contribution is 2.32. The fourth-order valence-corrected chi connectivity index (χ4v) is 3.95. The van der Waals surface area contributed by atoms with Crippen LogP contribution in [0.3, 0.4) is 0 Å². The third kappa shape index (κ3) is 4.92. The third-order valence-electron chi connectivity index (χ3n) is 4.51. The van der Waals surface area contributed by atoms with Gasteiger partial charge >= 0.3 is 0 Å². The van der Waals surface area contributed by atoms with Crippen LogP contribution in [-0.2, 0) is 14.8 Å². The minimum atomic E-state index is -3.25. The molecule has 0 N–H and O–H groups in total.